The number of hydrogen-bond acceptors (Lipinski definition) is 7. The zero-order valence-electron chi connectivity index (χ0n) is 14.9. The highest BCUT2D eigenvalue weighted by Crippen LogP contribution is 2.24. The summed E-state index contributed by atoms with van der Waals surface area (Å²) in [5, 5.41) is 20.6. The fraction of sp³-hybridized carbons (Fsp3) is 0.316. The SMILES string of the molecule is O=C(O)c1csc(SCCN2C(=O)OC[C@@H]2C=C[C@@H](O)Cc2ccccc2)n1. The Kier molecular flexibility index (Phi) is 7.07. The summed E-state index contributed by atoms with van der Waals surface area (Å²) in [6.45, 7) is 0.688. The minimum absolute atomic E-state index is 0.0290. The Morgan fingerprint density at radius 3 is 2.93 bits per heavy atom. The molecule has 0 aliphatic carbocycles. The van der Waals surface area contributed by atoms with Crippen LogP contribution in [0.2, 0.25) is 0 Å². The lowest BCUT2D eigenvalue weighted by atomic mass is 10.1. The van der Waals surface area contributed by atoms with Crippen molar-refractivity contribution < 1.29 is 24.5 Å². The quantitative estimate of drug-likeness (QED) is 0.475. The third-order valence-electron chi connectivity index (χ3n) is 4.12. The Balaban J connectivity index is 1.50. The molecule has 2 heterocycles. The molecule has 2 N–H and O–H groups in total. The highest BCUT2D eigenvalue weighted by Gasteiger charge is 2.30. The smallest absolute Gasteiger partial charge is 0.410 e. The maximum atomic E-state index is 12.0. The lowest BCUT2D eigenvalue weighted by Crippen LogP contribution is -2.34. The summed E-state index contributed by atoms with van der Waals surface area (Å²) >= 11 is 2.66. The molecular weight excluding hydrogens is 400 g/mol. The summed E-state index contributed by atoms with van der Waals surface area (Å²) in [6, 6.07) is 9.46. The Morgan fingerprint density at radius 1 is 1.43 bits per heavy atom. The second-order valence-corrected chi connectivity index (χ2v) is 8.33. The number of aromatic carboxylic acids is 1. The summed E-state index contributed by atoms with van der Waals surface area (Å²) < 4.78 is 5.77. The number of carbonyl (C=O) groups is 2. The van der Waals surface area contributed by atoms with Crippen molar-refractivity contribution in [2.75, 3.05) is 18.9 Å². The maximum Gasteiger partial charge on any atom is 0.410 e. The summed E-state index contributed by atoms with van der Waals surface area (Å²) in [5.41, 5.74) is 1.07. The minimum Gasteiger partial charge on any atom is -0.476 e. The van der Waals surface area contributed by atoms with Crippen molar-refractivity contribution in [1.82, 2.24) is 9.88 Å². The molecule has 7 nitrogen and oxygen atoms in total. The van der Waals surface area contributed by atoms with E-state index >= 15 is 0 Å². The van der Waals surface area contributed by atoms with Gasteiger partial charge in [-0.2, -0.15) is 0 Å². The number of benzene rings is 1. The summed E-state index contributed by atoms with van der Waals surface area (Å²) in [7, 11) is 0. The Morgan fingerprint density at radius 2 is 2.21 bits per heavy atom. The first-order valence-corrected chi connectivity index (χ1v) is 10.5. The number of amides is 1. The van der Waals surface area contributed by atoms with Gasteiger partial charge < -0.3 is 14.9 Å². The van der Waals surface area contributed by atoms with E-state index in [9.17, 15) is 14.7 Å². The fourth-order valence-corrected chi connectivity index (χ4v) is 4.52. The van der Waals surface area contributed by atoms with Gasteiger partial charge in [0, 0.05) is 24.1 Å². The average Bonchev–Trinajstić information content (AvgIpc) is 3.29. The number of hydrogen-bond donors (Lipinski definition) is 2. The van der Waals surface area contributed by atoms with E-state index in [-0.39, 0.29) is 18.3 Å². The fourth-order valence-electron chi connectivity index (χ4n) is 2.71. The molecule has 1 aliphatic rings. The number of rotatable bonds is 9. The van der Waals surface area contributed by atoms with Crippen LogP contribution < -0.4 is 0 Å². The Bertz CT molecular complexity index is 840. The molecular formula is C19H20N2O5S2. The number of thiazole rings is 1. The molecule has 0 unspecified atom stereocenters. The average molecular weight is 421 g/mol. The van der Waals surface area contributed by atoms with E-state index in [1.165, 1.54) is 28.5 Å². The first kappa shape index (κ1) is 20.4. The van der Waals surface area contributed by atoms with Gasteiger partial charge in [0.2, 0.25) is 0 Å². The van der Waals surface area contributed by atoms with Crippen molar-refractivity contribution in [2.24, 2.45) is 0 Å². The third kappa shape index (κ3) is 5.57. The van der Waals surface area contributed by atoms with Gasteiger partial charge in [-0.05, 0) is 5.56 Å². The first-order chi connectivity index (χ1) is 13.5. The van der Waals surface area contributed by atoms with Crippen LogP contribution in [-0.2, 0) is 11.2 Å². The van der Waals surface area contributed by atoms with Gasteiger partial charge in [-0.3, -0.25) is 4.90 Å². The number of aromatic nitrogens is 1. The minimum atomic E-state index is -1.05. The molecule has 2 atom stereocenters. The molecule has 28 heavy (non-hydrogen) atoms. The molecule has 148 valence electrons. The van der Waals surface area contributed by atoms with Gasteiger partial charge in [-0.15, -0.1) is 11.3 Å². The number of aliphatic hydroxyl groups is 1. The number of cyclic esters (lactones) is 1. The maximum absolute atomic E-state index is 12.0. The molecule has 0 saturated carbocycles. The van der Waals surface area contributed by atoms with Crippen molar-refractivity contribution in [3.63, 3.8) is 0 Å². The molecule has 9 heteroatoms. The van der Waals surface area contributed by atoms with Crippen LogP contribution >= 0.6 is 23.1 Å². The summed E-state index contributed by atoms with van der Waals surface area (Å²) in [5.74, 6) is -0.482. The van der Waals surface area contributed by atoms with Crippen LogP contribution in [-0.4, -0.2) is 63.2 Å². The van der Waals surface area contributed by atoms with Crippen LogP contribution in [0.1, 0.15) is 16.1 Å². The van der Waals surface area contributed by atoms with Gasteiger partial charge in [-0.1, -0.05) is 54.2 Å². The van der Waals surface area contributed by atoms with Gasteiger partial charge >= 0.3 is 12.1 Å². The zero-order chi connectivity index (χ0) is 19.9. The molecule has 1 aromatic carbocycles. The van der Waals surface area contributed by atoms with Gasteiger partial charge in [0.15, 0.2) is 10.0 Å². The van der Waals surface area contributed by atoms with E-state index in [2.05, 4.69) is 4.98 Å². The van der Waals surface area contributed by atoms with Crippen molar-refractivity contribution in [3.8, 4) is 0 Å². The second kappa shape index (κ2) is 9.72. The van der Waals surface area contributed by atoms with Crippen LogP contribution in [0.3, 0.4) is 0 Å². The predicted octanol–water partition coefficient (Wildman–Crippen LogP) is 2.91. The lowest BCUT2D eigenvalue weighted by molar-refractivity contribution is 0.0690. The van der Waals surface area contributed by atoms with Crippen molar-refractivity contribution in [3.05, 3.63) is 59.1 Å². The monoisotopic (exact) mass is 420 g/mol. The van der Waals surface area contributed by atoms with E-state index in [1.54, 1.807) is 17.1 Å². The van der Waals surface area contributed by atoms with Crippen LogP contribution in [0.15, 0.2) is 52.2 Å². The van der Waals surface area contributed by atoms with E-state index in [0.29, 0.717) is 23.1 Å². The standard InChI is InChI=1S/C19H20N2O5S2/c22-15(10-13-4-2-1-3-5-13)7-6-14-11-26-19(25)21(14)8-9-27-18-20-16(12-28-18)17(23)24/h1-7,12,14-15,22H,8-11H2,(H,23,24)/t14-,15+/m0/s1. The number of thioether (sulfide) groups is 1. The lowest BCUT2D eigenvalue weighted by Gasteiger charge is -2.18. The topological polar surface area (TPSA) is 100.0 Å². The van der Waals surface area contributed by atoms with Crippen LogP contribution in [0, 0.1) is 0 Å². The molecule has 1 aromatic heterocycles. The summed E-state index contributed by atoms with van der Waals surface area (Å²) in [4.78, 5) is 28.4. The number of ether oxygens (including phenoxy) is 1. The normalized spacial score (nSPS) is 17.8. The number of nitrogens with zero attached hydrogens (tertiary/aromatic N) is 2. The molecule has 1 fully saturated rings. The molecule has 0 bridgehead atoms. The molecule has 0 radical (unpaired) electrons. The van der Waals surface area contributed by atoms with Gasteiger partial charge in [-0.25, -0.2) is 14.6 Å². The van der Waals surface area contributed by atoms with E-state index in [4.69, 9.17) is 9.84 Å². The predicted molar refractivity (Wildman–Crippen MR) is 107 cm³/mol. The van der Waals surface area contributed by atoms with E-state index in [0.717, 1.165) is 5.56 Å². The zero-order valence-corrected chi connectivity index (χ0v) is 16.6. The van der Waals surface area contributed by atoms with E-state index < -0.39 is 18.2 Å². The highest BCUT2D eigenvalue weighted by atomic mass is 32.2. The van der Waals surface area contributed by atoms with Crippen LogP contribution in [0.5, 0.6) is 0 Å². The highest BCUT2D eigenvalue weighted by molar-refractivity contribution is 8.01. The molecule has 0 spiro atoms. The second-order valence-electron chi connectivity index (χ2n) is 6.13. The van der Waals surface area contributed by atoms with Gasteiger partial charge in [0.05, 0.1) is 12.1 Å². The van der Waals surface area contributed by atoms with Crippen LogP contribution in [0.4, 0.5) is 4.79 Å². The van der Waals surface area contributed by atoms with Gasteiger partial charge in [0.25, 0.3) is 0 Å². The number of carbonyl (C=O) groups excluding carboxylic acids is 1. The third-order valence-corrected chi connectivity index (χ3v) is 6.12. The summed E-state index contributed by atoms with van der Waals surface area (Å²) in [6.07, 6.45) is 2.97. The number of carboxylic acids is 1. The molecule has 1 aliphatic heterocycles. The molecule has 2 aromatic rings. The molecule has 1 amide bonds. The van der Waals surface area contributed by atoms with Crippen molar-refractivity contribution >= 4 is 35.2 Å². The van der Waals surface area contributed by atoms with Crippen molar-refractivity contribution in [2.45, 2.75) is 22.9 Å². The molecule has 1 saturated heterocycles. The molecule has 3 rings (SSSR count). The van der Waals surface area contributed by atoms with Crippen molar-refractivity contribution in [1.29, 1.82) is 0 Å². The van der Waals surface area contributed by atoms with E-state index in [1.807, 2.05) is 30.3 Å². The Hall–Kier alpha value is -2.36. The first-order valence-electron chi connectivity index (χ1n) is 8.68. The van der Waals surface area contributed by atoms with Gasteiger partial charge in [0.1, 0.15) is 6.61 Å². The number of carboxylic acid groups (broad SMARTS) is 1. The van der Waals surface area contributed by atoms with Crippen LogP contribution in [0.25, 0.3) is 0 Å². The largest absolute Gasteiger partial charge is 0.476 e. The number of aliphatic hydroxyl groups excluding tert-OH is 1. The Labute approximate surface area is 170 Å².